The molecule has 164 valence electrons. The molecule has 2 aromatic heterocycles. The van der Waals surface area contributed by atoms with Crippen LogP contribution in [0, 0.1) is 12.7 Å². The van der Waals surface area contributed by atoms with E-state index in [0.29, 0.717) is 22.5 Å². The zero-order valence-electron chi connectivity index (χ0n) is 16.5. The third-order valence-corrected chi connectivity index (χ3v) is 5.04. The highest BCUT2D eigenvalue weighted by Gasteiger charge is 2.19. The van der Waals surface area contributed by atoms with Crippen molar-refractivity contribution >= 4 is 17.5 Å². The SMILES string of the molecule is Cc1cc(-c2ccnc(NC(CF)CF)n2)cc(=O)n1[C@H](CO)c1ccc(Cl)c(F)c1. The Balaban J connectivity index is 1.98. The van der Waals surface area contributed by atoms with E-state index in [0.717, 1.165) is 0 Å². The predicted molar refractivity (Wildman–Crippen MR) is 112 cm³/mol. The van der Waals surface area contributed by atoms with Crippen LogP contribution in [-0.4, -0.2) is 45.6 Å². The minimum atomic E-state index is -1.06. The van der Waals surface area contributed by atoms with E-state index in [1.807, 2.05) is 0 Å². The summed E-state index contributed by atoms with van der Waals surface area (Å²) < 4.78 is 40.8. The van der Waals surface area contributed by atoms with E-state index < -0.39 is 43.4 Å². The Hall–Kier alpha value is -2.91. The highest BCUT2D eigenvalue weighted by molar-refractivity contribution is 6.30. The fourth-order valence-corrected chi connectivity index (χ4v) is 3.32. The molecule has 0 aliphatic rings. The molecule has 0 fully saturated rings. The summed E-state index contributed by atoms with van der Waals surface area (Å²) in [5, 5.41) is 12.4. The number of halogens is 4. The van der Waals surface area contributed by atoms with Crippen molar-refractivity contribution in [2.45, 2.75) is 19.0 Å². The largest absolute Gasteiger partial charge is 0.394 e. The number of benzene rings is 1. The number of rotatable bonds is 8. The van der Waals surface area contributed by atoms with Gasteiger partial charge in [-0.1, -0.05) is 17.7 Å². The van der Waals surface area contributed by atoms with Gasteiger partial charge in [0.1, 0.15) is 19.2 Å². The molecule has 1 aromatic carbocycles. The molecule has 6 nitrogen and oxygen atoms in total. The van der Waals surface area contributed by atoms with E-state index >= 15 is 0 Å². The van der Waals surface area contributed by atoms with Crippen LogP contribution in [0.4, 0.5) is 19.1 Å². The number of hydrogen-bond acceptors (Lipinski definition) is 5. The lowest BCUT2D eigenvalue weighted by atomic mass is 10.1. The average molecular weight is 453 g/mol. The number of nitrogens with one attached hydrogen (secondary N) is 1. The molecule has 0 amide bonds. The Morgan fingerprint density at radius 1 is 1.19 bits per heavy atom. The lowest BCUT2D eigenvalue weighted by Crippen LogP contribution is -2.29. The van der Waals surface area contributed by atoms with Gasteiger partial charge in [0.25, 0.3) is 5.56 Å². The quantitative estimate of drug-likeness (QED) is 0.544. The summed E-state index contributed by atoms with van der Waals surface area (Å²) in [6, 6.07) is 6.75. The van der Waals surface area contributed by atoms with Crippen molar-refractivity contribution in [1.29, 1.82) is 0 Å². The van der Waals surface area contributed by atoms with Crippen molar-refractivity contribution in [1.82, 2.24) is 14.5 Å². The first-order valence-corrected chi connectivity index (χ1v) is 9.76. The summed E-state index contributed by atoms with van der Waals surface area (Å²) in [7, 11) is 0. The summed E-state index contributed by atoms with van der Waals surface area (Å²) in [5.41, 5.74) is 1.28. The highest BCUT2D eigenvalue weighted by Crippen LogP contribution is 2.25. The molecule has 1 atom stereocenters. The number of hydrogen-bond donors (Lipinski definition) is 2. The third-order valence-electron chi connectivity index (χ3n) is 4.73. The van der Waals surface area contributed by atoms with E-state index in [-0.39, 0.29) is 11.0 Å². The van der Waals surface area contributed by atoms with Crippen molar-refractivity contribution in [3.63, 3.8) is 0 Å². The molecule has 0 aliphatic carbocycles. The van der Waals surface area contributed by atoms with Crippen LogP contribution in [0.25, 0.3) is 11.3 Å². The number of nitrogens with zero attached hydrogens (tertiary/aromatic N) is 3. The molecular weight excluding hydrogens is 433 g/mol. The Morgan fingerprint density at radius 2 is 1.94 bits per heavy atom. The van der Waals surface area contributed by atoms with Gasteiger partial charge >= 0.3 is 0 Å². The standard InChI is InChI=1S/C21H20ClF3N4O2/c1-12-6-14(18-4-5-26-21(28-18)27-15(9-23)10-24)8-20(31)29(12)19(11-30)13-2-3-16(22)17(25)7-13/h2-8,15,19,30H,9-11H2,1H3,(H,26,27,28)/t19-/m1/s1. The van der Waals surface area contributed by atoms with Crippen LogP contribution in [0.5, 0.6) is 0 Å². The van der Waals surface area contributed by atoms with E-state index in [2.05, 4.69) is 15.3 Å². The van der Waals surface area contributed by atoms with Gasteiger partial charge < -0.3 is 15.0 Å². The van der Waals surface area contributed by atoms with Gasteiger partial charge in [0.15, 0.2) is 0 Å². The maximum absolute atomic E-state index is 13.9. The van der Waals surface area contributed by atoms with Gasteiger partial charge in [0, 0.05) is 23.5 Å². The van der Waals surface area contributed by atoms with Crippen LogP contribution in [0.15, 0.2) is 47.4 Å². The van der Waals surface area contributed by atoms with E-state index in [9.17, 15) is 23.1 Å². The molecule has 0 aliphatic heterocycles. The molecule has 10 heteroatoms. The number of aryl methyl sites for hydroxylation is 1. The zero-order chi connectivity index (χ0) is 22.5. The fourth-order valence-electron chi connectivity index (χ4n) is 3.21. The molecule has 2 N–H and O–H groups in total. The molecule has 0 saturated carbocycles. The average Bonchev–Trinajstić information content (AvgIpc) is 2.76. The maximum atomic E-state index is 13.9. The first kappa shape index (κ1) is 22.8. The second-order valence-electron chi connectivity index (χ2n) is 6.88. The number of aromatic nitrogens is 3. The molecule has 0 bridgehead atoms. The van der Waals surface area contributed by atoms with E-state index in [1.54, 1.807) is 25.1 Å². The minimum absolute atomic E-state index is 0.0319. The summed E-state index contributed by atoms with van der Waals surface area (Å²) in [4.78, 5) is 21.0. The van der Waals surface area contributed by atoms with Gasteiger partial charge in [-0.3, -0.25) is 4.79 Å². The molecule has 0 unspecified atom stereocenters. The van der Waals surface area contributed by atoms with Crippen LogP contribution >= 0.6 is 11.6 Å². The molecule has 31 heavy (non-hydrogen) atoms. The first-order valence-electron chi connectivity index (χ1n) is 9.38. The molecular formula is C21H20ClF3N4O2. The Labute approximate surface area is 181 Å². The molecule has 2 heterocycles. The lowest BCUT2D eigenvalue weighted by Gasteiger charge is -2.21. The Kier molecular flexibility index (Phi) is 7.29. The minimum Gasteiger partial charge on any atom is -0.394 e. The summed E-state index contributed by atoms with van der Waals surface area (Å²) in [6.07, 6.45) is 1.41. The smallest absolute Gasteiger partial charge is 0.252 e. The summed E-state index contributed by atoms with van der Waals surface area (Å²) >= 11 is 5.72. The highest BCUT2D eigenvalue weighted by atomic mass is 35.5. The van der Waals surface area contributed by atoms with E-state index in [4.69, 9.17) is 11.6 Å². The maximum Gasteiger partial charge on any atom is 0.252 e. The van der Waals surface area contributed by atoms with Crippen molar-refractivity contribution in [2.24, 2.45) is 0 Å². The van der Waals surface area contributed by atoms with Gasteiger partial charge in [-0.25, -0.2) is 23.1 Å². The predicted octanol–water partition coefficient (Wildman–Crippen LogP) is 3.71. The van der Waals surface area contributed by atoms with Crippen molar-refractivity contribution < 1.29 is 18.3 Å². The third kappa shape index (κ3) is 5.05. The zero-order valence-corrected chi connectivity index (χ0v) is 17.3. The van der Waals surface area contributed by atoms with Gasteiger partial charge in [-0.15, -0.1) is 0 Å². The van der Waals surface area contributed by atoms with Crippen LogP contribution in [-0.2, 0) is 0 Å². The number of anilines is 1. The van der Waals surface area contributed by atoms with Crippen molar-refractivity contribution in [2.75, 3.05) is 25.3 Å². The normalized spacial score (nSPS) is 12.2. The van der Waals surface area contributed by atoms with E-state index in [1.165, 1.54) is 29.0 Å². The van der Waals surface area contributed by atoms with Gasteiger partial charge in [0.05, 0.1) is 29.4 Å². The summed E-state index contributed by atoms with van der Waals surface area (Å²) in [6.45, 7) is -0.612. The number of aliphatic hydroxyl groups is 1. The van der Waals surface area contributed by atoms with Crippen LogP contribution in [0.3, 0.4) is 0 Å². The van der Waals surface area contributed by atoms with Gasteiger partial charge in [-0.2, -0.15) is 0 Å². The molecule has 0 saturated heterocycles. The van der Waals surface area contributed by atoms with Crippen molar-refractivity contribution in [3.05, 3.63) is 75.0 Å². The number of alkyl halides is 2. The van der Waals surface area contributed by atoms with Gasteiger partial charge in [0.2, 0.25) is 5.95 Å². The van der Waals surface area contributed by atoms with Crippen LogP contribution in [0.2, 0.25) is 5.02 Å². The number of aliphatic hydroxyl groups excluding tert-OH is 1. The van der Waals surface area contributed by atoms with Crippen molar-refractivity contribution in [3.8, 4) is 11.3 Å². The molecule has 3 aromatic rings. The Bertz CT molecular complexity index is 1120. The van der Waals surface area contributed by atoms with Crippen LogP contribution < -0.4 is 10.9 Å². The lowest BCUT2D eigenvalue weighted by molar-refractivity contribution is 0.245. The topological polar surface area (TPSA) is 80.0 Å². The number of pyridine rings is 1. The second kappa shape index (κ2) is 9.93. The van der Waals surface area contributed by atoms with Gasteiger partial charge in [-0.05, 0) is 36.8 Å². The second-order valence-corrected chi connectivity index (χ2v) is 7.29. The fraction of sp³-hybridized carbons (Fsp3) is 0.286. The monoisotopic (exact) mass is 452 g/mol. The van der Waals surface area contributed by atoms with Crippen LogP contribution in [0.1, 0.15) is 17.3 Å². The molecule has 0 spiro atoms. The molecule has 0 radical (unpaired) electrons. The molecule has 3 rings (SSSR count). The summed E-state index contributed by atoms with van der Waals surface area (Å²) in [5.74, 6) is -0.620. The first-order chi connectivity index (χ1) is 14.9. The Morgan fingerprint density at radius 3 is 2.55 bits per heavy atom.